The zero-order valence-corrected chi connectivity index (χ0v) is 17.3. The van der Waals surface area contributed by atoms with Crippen LogP contribution in [0.3, 0.4) is 0 Å². The fourth-order valence-electron chi connectivity index (χ4n) is 3.28. The van der Waals surface area contributed by atoms with Crippen molar-refractivity contribution in [3.05, 3.63) is 52.4 Å². The maximum atomic E-state index is 12.1. The van der Waals surface area contributed by atoms with Crippen LogP contribution in [0.4, 0.5) is 0 Å². The van der Waals surface area contributed by atoms with Gasteiger partial charge in [0.1, 0.15) is 30.0 Å². The SMILES string of the molecule is COCCNC(=O)c1ccc(OC2CCN(Cc3ccc(CO)o3)CC2)c(Cl)c1. The summed E-state index contributed by atoms with van der Waals surface area (Å²) in [6.45, 7) is 3.32. The summed E-state index contributed by atoms with van der Waals surface area (Å²) in [6.07, 6.45) is 1.83. The molecule has 1 aliphatic rings. The number of ether oxygens (including phenoxy) is 2. The van der Waals surface area contributed by atoms with Crippen LogP contribution in [0.1, 0.15) is 34.7 Å². The minimum Gasteiger partial charge on any atom is -0.489 e. The first-order valence-corrected chi connectivity index (χ1v) is 10.1. The lowest BCUT2D eigenvalue weighted by molar-refractivity contribution is 0.0919. The van der Waals surface area contributed by atoms with Gasteiger partial charge in [-0.15, -0.1) is 0 Å². The fourth-order valence-corrected chi connectivity index (χ4v) is 3.51. The second kappa shape index (κ2) is 10.6. The molecule has 158 valence electrons. The first kappa shape index (κ1) is 21.6. The van der Waals surface area contributed by atoms with Gasteiger partial charge in [0, 0.05) is 32.3 Å². The van der Waals surface area contributed by atoms with Crippen LogP contribution < -0.4 is 10.1 Å². The first-order valence-electron chi connectivity index (χ1n) is 9.73. The Morgan fingerprint density at radius 1 is 1.28 bits per heavy atom. The van der Waals surface area contributed by atoms with Gasteiger partial charge in [0.05, 0.1) is 18.2 Å². The number of hydrogen-bond donors (Lipinski definition) is 2. The smallest absolute Gasteiger partial charge is 0.251 e. The maximum absolute atomic E-state index is 12.1. The predicted octanol–water partition coefficient (Wildman–Crippen LogP) is 2.84. The number of likely N-dealkylation sites (tertiary alicyclic amines) is 1. The van der Waals surface area contributed by atoms with Crippen molar-refractivity contribution in [1.82, 2.24) is 10.2 Å². The summed E-state index contributed by atoms with van der Waals surface area (Å²) in [7, 11) is 1.59. The van der Waals surface area contributed by atoms with Gasteiger partial charge < -0.3 is 24.3 Å². The van der Waals surface area contributed by atoms with Crippen molar-refractivity contribution in [2.24, 2.45) is 0 Å². The fraction of sp³-hybridized carbons (Fsp3) is 0.476. The number of carbonyl (C=O) groups excluding carboxylic acids is 1. The molecule has 0 bridgehead atoms. The molecule has 1 fully saturated rings. The highest BCUT2D eigenvalue weighted by molar-refractivity contribution is 6.32. The molecule has 1 saturated heterocycles. The Morgan fingerprint density at radius 3 is 2.69 bits per heavy atom. The molecule has 1 aliphatic heterocycles. The number of nitrogens with zero attached hydrogens (tertiary/aromatic N) is 1. The normalized spacial score (nSPS) is 15.4. The standard InChI is InChI=1S/C21H27ClN2O5/c1-27-11-8-23-21(26)15-2-5-20(19(22)12-15)29-16-6-9-24(10-7-16)13-17-3-4-18(14-25)28-17/h2-5,12,16,25H,6-11,13-14H2,1H3,(H,23,26). The van der Waals surface area contributed by atoms with E-state index in [9.17, 15) is 4.79 Å². The molecule has 29 heavy (non-hydrogen) atoms. The molecule has 1 aromatic heterocycles. The number of benzene rings is 1. The Balaban J connectivity index is 1.47. The highest BCUT2D eigenvalue weighted by Gasteiger charge is 2.22. The average molecular weight is 423 g/mol. The van der Waals surface area contributed by atoms with Gasteiger partial charge >= 0.3 is 0 Å². The summed E-state index contributed by atoms with van der Waals surface area (Å²) in [5.41, 5.74) is 0.494. The molecular weight excluding hydrogens is 396 g/mol. The number of rotatable bonds is 9. The van der Waals surface area contributed by atoms with Crippen molar-refractivity contribution >= 4 is 17.5 Å². The van der Waals surface area contributed by atoms with Crippen LogP contribution in [0.15, 0.2) is 34.7 Å². The summed E-state index contributed by atoms with van der Waals surface area (Å²) in [4.78, 5) is 14.4. The third-order valence-electron chi connectivity index (χ3n) is 4.87. The predicted molar refractivity (Wildman–Crippen MR) is 109 cm³/mol. The molecule has 2 heterocycles. The number of piperidine rings is 1. The number of nitrogens with one attached hydrogen (secondary N) is 1. The molecule has 0 unspecified atom stereocenters. The van der Waals surface area contributed by atoms with Gasteiger partial charge in [0.2, 0.25) is 0 Å². The minimum atomic E-state index is -0.189. The lowest BCUT2D eigenvalue weighted by Crippen LogP contribution is -2.37. The largest absolute Gasteiger partial charge is 0.489 e. The van der Waals surface area contributed by atoms with E-state index < -0.39 is 0 Å². The van der Waals surface area contributed by atoms with Crippen LogP contribution in [0.5, 0.6) is 5.75 Å². The van der Waals surface area contributed by atoms with E-state index in [0.717, 1.165) is 38.2 Å². The second-order valence-corrected chi connectivity index (χ2v) is 7.42. The summed E-state index contributed by atoms with van der Waals surface area (Å²) in [5, 5.41) is 12.3. The molecule has 1 aromatic carbocycles. The summed E-state index contributed by atoms with van der Waals surface area (Å²) < 4.78 is 16.6. The quantitative estimate of drug-likeness (QED) is 0.604. The summed E-state index contributed by atoms with van der Waals surface area (Å²) >= 11 is 6.33. The molecule has 2 aromatic rings. The van der Waals surface area contributed by atoms with Crippen LogP contribution in [-0.2, 0) is 17.9 Å². The minimum absolute atomic E-state index is 0.0785. The Kier molecular flexibility index (Phi) is 7.94. The number of methoxy groups -OCH3 is 1. The van der Waals surface area contributed by atoms with E-state index in [1.54, 1.807) is 31.4 Å². The number of furan rings is 1. The van der Waals surface area contributed by atoms with Crippen molar-refractivity contribution < 1.29 is 23.8 Å². The van der Waals surface area contributed by atoms with Gasteiger partial charge in [-0.1, -0.05) is 11.6 Å². The molecular formula is C21H27ClN2O5. The van der Waals surface area contributed by atoms with Crippen molar-refractivity contribution in [2.75, 3.05) is 33.4 Å². The third-order valence-corrected chi connectivity index (χ3v) is 5.16. The molecule has 7 nitrogen and oxygen atoms in total. The van der Waals surface area contributed by atoms with E-state index in [1.807, 2.05) is 6.07 Å². The molecule has 0 saturated carbocycles. The maximum Gasteiger partial charge on any atom is 0.251 e. The number of aliphatic hydroxyl groups excluding tert-OH is 1. The van der Waals surface area contributed by atoms with Crippen LogP contribution >= 0.6 is 11.6 Å². The Bertz CT molecular complexity index is 802. The van der Waals surface area contributed by atoms with E-state index in [0.29, 0.717) is 35.2 Å². The molecule has 0 spiro atoms. The Hall–Kier alpha value is -2.06. The number of aliphatic hydroxyl groups is 1. The van der Waals surface area contributed by atoms with E-state index >= 15 is 0 Å². The Labute approximate surface area is 175 Å². The van der Waals surface area contributed by atoms with Crippen LogP contribution in [-0.4, -0.2) is 55.4 Å². The average Bonchev–Trinajstić information content (AvgIpc) is 3.18. The highest BCUT2D eigenvalue weighted by Crippen LogP contribution is 2.28. The molecule has 1 amide bonds. The molecule has 8 heteroatoms. The van der Waals surface area contributed by atoms with Crippen LogP contribution in [0, 0.1) is 0 Å². The first-order chi connectivity index (χ1) is 14.1. The van der Waals surface area contributed by atoms with Gasteiger partial charge in [-0.3, -0.25) is 9.69 Å². The van der Waals surface area contributed by atoms with Gasteiger partial charge in [-0.25, -0.2) is 0 Å². The molecule has 0 aliphatic carbocycles. The third kappa shape index (κ3) is 6.21. The summed E-state index contributed by atoms with van der Waals surface area (Å²) in [6, 6.07) is 8.80. The molecule has 3 rings (SSSR count). The number of carbonyl (C=O) groups is 1. The van der Waals surface area contributed by atoms with E-state index in [-0.39, 0.29) is 18.6 Å². The Morgan fingerprint density at radius 2 is 2.03 bits per heavy atom. The number of amides is 1. The van der Waals surface area contributed by atoms with Gasteiger partial charge in [0.15, 0.2) is 0 Å². The topological polar surface area (TPSA) is 84.2 Å². The zero-order valence-electron chi connectivity index (χ0n) is 16.5. The molecule has 2 N–H and O–H groups in total. The lowest BCUT2D eigenvalue weighted by Gasteiger charge is -2.31. The molecule has 0 radical (unpaired) electrons. The number of hydrogen-bond acceptors (Lipinski definition) is 6. The van der Waals surface area contributed by atoms with Crippen LogP contribution in [0.25, 0.3) is 0 Å². The van der Waals surface area contributed by atoms with Crippen molar-refractivity contribution in [3.63, 3.8) is 0 Å². The van der Waals surface area contributed by atoms with E-state index in [2.05, 4.69) is 10.2 Å². The molecule has 0 atom stereocenters. The van der Waals surface area contributed by atoms with Gasteiger partial charge in [0.25, 0.3) is 5.91 Å². The summed E-state index contributed by atoms with van der Waals surface area (Å²) in [5.74, 6) is 1.85. The van der Waals surface area contributed by atoms with Crippen LogP contribution in [0.2, 0.25) is 5.02 Å². The van der Waals surface area contributed by atoms with E-state index in [4.69, 9.17) is 30.6 Å². The lowest BCUT2D eigenvalue weighted by atomic mass is 10.1. The highest BCUT2D eigenvalue weighted by atomic mass is 35.5. The van der Waals surface area contributed by atoms with Crippen molar-refractivity contribution in [3.8, 4) is 5.75 Å². The van der Waals surface area contributed by atoms with Crippen molar-refractivity contribution in [2.45, 2.75) is 32.1 Å². The second-order valence-electron chi connectivity index (χ2n) is 7.01. The van der Waals surface area contributed by atoms with E-state index in [1.165, 1.54) is 0 Å². The van der Waals surface area contributed by atoms with Gasteiger partial charge in [-0.2, -0.15) is 0 Å². The van der Waals surface area contributed by atoms with Gasteiger partial charge in [-0.05, 0) is 43.2 Å². The number of halogens is 1. The zero-order chi connectivity index (χ0) is 20.6. The van der Waals surface area contributed by atoms with Crippen molar-refractivity contribution in [1.29, 1.82) is 0 Å². The monoisotopic (exact) mass is 422 g/mol.